The molecule has 0 radical (unpaired) electrons. The number of likely N-dealkylation sites (tertiary alicyclic amines) is 1. The van der Waals surface area contributed by atoms with Gasteiger partial charge in [0.1, 0.15) is 6.04 Å². The van der Waals surface area contributed by atoms with Crippen LogP contribution in [0.5, 0.6) is 0 Å². The minimum absolute atomic E-state index is 0.0295. The lowest BCUT2D eigenvalue weighted by Gasteiger charge is -2.37. The fraction of sp³-hybridized carbons (Fsp3) is 0.857. The number of nitrogens with one attached hydrogen (secondary N) is 2. The molecule has 3 heterocycles. The van der Waals surface area contributed by atoms with E-state index in [1.807, 2.05) is 13.8 Å². The summed E-state index contributed by atoms with van der Waals surface area (Å²) in [6.45, 7) is 6.92. The van der Waals surface area contributed by atoms with Crippen LogP contribution in [0.15, 0.2) is 0 Å². The molecule has 0 aromatic carbocycles. The van der Waals surface area contributed by atoms with Gasteiger partial charge in [0, 0.05) is 23.2 Å². The van der Waals surface area contributed by atoms with Crippen LogP contribution in [0.4, 0.5) is 0 Å². The second kappa shape index (κ2) is 9.77. The minimum atomic E-state index is -0.664. The van der Waals surface area contributed by atoms with Crippen LogP contribution < -0.4 is 10.6 Å². The van der Waals surface area contributed by atoms with Crippen molar-refractivity contribution in [1.29, 1.82) is 0 Å². The highest BCUT2D eigenvalue weighted by molar-refractivity contribution is 9.09. The smallest absolute Gasteiger partial charge is 0.244 e. The van der Waals surface area contributed by atoms with E-state index in [-0.39, 0.29) is 34.4 Å². The molecule has 3 N–H and O–H groups in total. The van der Waals surface area contributed by atoms with Crippen LogP contribution >= 0.6 is 27.7 Å². The number of aliphatic hydroxyl groups excluding tert-OH is 1. The van der Waals surface area contributed by atoms with Crippen molar-refractivity contribution in [2.75, 3.05) is 19.7 Å². The number of aliphatic hydroxyl groups is 1. The van der Waals surface area contributed by atoms with Crippen LogP contribution in [0, 0.1) is 11.8 Å². The molecule has 0 aromatic rings. The molecule has 3 saturated heterocycles. The van der Waals surface area contributed by atoms with E-state index in [1.165, 1.54) is 0 Å². The zero-order valence-corrected chi connectivity index (χ0v) is 20.4. The van der Waals surface area contributed by atoms with Crippen molar-refractivity contribution in [3.05, 3.63) is 0 Å². The number of thioether (sulfide) groups is 1. The second-order valence-electron chi connectivity index (χ2n) is 8.59. The summed E-state index contributed by atoms with van der Waals surface area (Å²) in [5, 5.41) is 15.9. The Labute approximate surface area is 191 Å². The summed E-state index contributed by atoms with van der Waals surface area (Å²) >= 11 is 5.38. The third-order valence-electron chi connectivity index (χ3n) is 6.73. The highest BCUT2D eigenvalue weighted by Gasteiger charge is 2.76. The molecule has 0 saturated carbocycles. The number of halogens is 1. The summed E-state index contributed by atoms with van der Waals surface area (Å²) in [4.78, 5) is 41.8. The first kappa shape index (κ1) is 23.9. The number of fused-ring (bicyclic) bond motifs is 1. The standard InChI is InChI=1S/C21H34BrN3O4S/c1-4-7-9-24-19(28)17-21-10-13(22)16(30-21)14(18(27)23-8-5-2)15(21)20(29)25(17)12(6-3)11-26/h12-17,26H,4-11H2,1-3H3,(H,23,27)(H,24,28)/t12-,13?,14-,15-,16-,17?,21?/m0/s1. The Morgan fingerprint density at radius 1 is 1.23 bits per heavy atom. The maximum absolute atomic E-state index is 13.7. The quantitative estimate of drug-likeness (QED) is 0.311. The number of hydrogen-bond acceptors (Lipinski definition) is 5. The highest BCUT2D eigenvalue weighted by Crippen LogP contribution is 2.67. The zero-order chi connectivity index (χ0) is 22.1. The summed E-state index contributed by atoms with van der Waals surface area (Å²) in [6.07, 6.45) is 3.89. The number of unbranched alkanes of at least 4 members (excludes halogenated alkanes) is 1. The van der Waals surface area contributed by atoms with Crippen LogP contribution in [0.2, 0.25) is 0 Å². The second-order valence-corrected chi connectivity index (χ2v) is 11.3. The summed E-state index contributed by atoms with van der Waals surface area (Å²) in [5.74, 6) is -1.39. The molecule has 3 fully saturated rings. The Morgan fingerprint density at radius 3 is 2.53 bits per heavy atom. The van der Waals surface area contributed by atoms with E-state index in [1.54, 1.807) is 16.7 Å². The van der Waals surface area contributed by atoms with Gasteiger partial charge in [-0.25, -0.2) is 0 Å². The van der Waals surface area contributed by atoms with Gasteiger partial charge in [0.25, 0.3) is 0 Å². The molecule has 3 amide bonds. The number of amides is 3. The zero-order valence-electron chi connectivity index (χ0n) is 18.0. The fourth-order valence-electron chi connectivity index (χ4n) is 5.32. The van der Waals surface area contributed by atoms with E-state index in [0.717, 1.165) is 19.3 Å². The lowest BCUT2D eigenvalue weighted by Crippen LogP contribution is -2.57. The first-order valence-electron chi connectivity index (χ1n) is 11.2. The van der Waals surface area contributed by atoms with E-state index in [0.29, 0.717) is 25.9 Å². The van der Waals surface area contributed by atoms with Crippen molar-refractivity contribution in [2.45, 2.75) is 79.8 Å². The van der Waals surface area contributed by atoms with Crippen molar-refractivity contribution < 1.29 is 19.5 Å². The third-order valence-corrected chi connectivity index (χ3v) is 9.95. The first-order valence-corrected chi connectivity index (χ1v) is 13.0. The van der Waals surface area contributed by atoms with Crippen molar-refractivity contribution in [3.63, 3.8) is 0 Å². The van der Waals surface area contributed by atoms with E-state index in [4.69, 9.17) is 0 Å². The predicted molar refractivity (Wildman–Crippen MR) is 121 cm³/mol. The van der Waals surface area contributed by atoms with E-state index in [2.05, 4.69) is 33.5 Å². The lowest BCUT2D eigenvalue weighted by molar-refractivity contribution is -0.142. The molecule has 2 bridgehead atoms. The number of carbonyl (C=O) groups excluding carboxylic acids is 3. The van der Waals surface area contributed by atoms with Gasteiger partial charge < -0.3 is 20.6 Å². The van der Waals surface area contributed by atoms with Gasteiger partial charge in [-0.1, -0.05) is 43.1 Å². The number of hydrogen-bond donors (Lipinski definition) is 3. The van der Waals surface area contributed by atoms with Crippen LogP contribution in [-0.2, 0) is 14.4 Å². The monoisotopic (exact) mass is 503 g/mol. The summed E-state index contributed by atoms with van der Waals surface area (Å²) in [6, 6.07) is -1.09. The lowest BCUT2D eigenvalue weighted by atomic mass is 9.70. The largest absolute Gasteiger partial charge is 0.394 e. The third kappa shape index (κ3) is 3.79. The highest BCUT2D eigenvalue weighted by atomic mass is 79.9. The predicted octanol–water partition coefficient (Wildman–Crippen LogP) is 1.66. The van der Waals surface area contributed by atoms with E-state index in [9.17, 15) is 19.5 Å². The molecule has 1 spiro atoms. The van der Waals surface area contributed by atoms with Gasteiger partial charge in [-0.15, -0.1) is 11.8 Å². The molecule has 0 aromatic heterocycles. The van der Waals surface area contributed by atoms with Gasteiger partial charge in [0.2, 0.25) is 17.7 Å². The van der Waals surface area contributed by atoms with Crippen molar-refractivity contribution in [2.24, 2.45) is 11.8 Å². The number of rotatable bonds is 10. The van der Waals surface area contributed by atoms with Gasteiger partial charge in [-0.2, -0.15) is 0 Å². The van der Waals surface area contributed by atoms with Gasteiger partial charge in [-0.05, 0) is 25.7 Å². The first-order chi connectivity index (χ1) is 14.4. The molecule has 7 atom stereocenters. The van der Waals surface area contributed by atoms with Gasteiger partial charge >= 0.3 is 0 Å². The molecule has 3 aliphatic heterocycles. The van der Waals surface area contributed by atoms with Crippen LogP contribution in [0.1, 0.15) is 52.9 Å². The summed E-state index contributed by atoms with van der Waals surface area (Å²) in [7, 11) is 0. The molecule has 30 heavy (non-hydrogen) atoms. The molecule has 170 valence electrons. The van der Waals surface area contributed by atoms with Crippen LogP contribution in [0.3, 0.4) is 0 Å². The topological polar surface area (TPSA) is 98.7 Å². The SMILES string of the molecule is CCCCNC(=O)C1N([C@@H](CC)CO)C(=O)[C@@H]2[C@H](C(=O)NCCC)[C@H]3SC12CC3Br. The van der Waals surface area contributed by atoms with Crippen LogP contribution in [0.25, 0.3) is 0 Å². The fourth-order valence-corrected chi connectivity index (χ4v) is 8.92. The Bertz CT molecular complexity index is 677. The Hall–Kier alpha value is -0.800. The van der Waals surface area contributed by atoms with Gasteiger partial charge in [0.15, 0.2) is 0 Å². The molecule has 3 aliphatic rings. The number of alkyl halides is 1. The number of nitrogens with zero attached hydrogens (tertiary/aromatic N) is 1. The summed E-state index contributed by atoms with van der Waals surface area (Å²) < 4.78 is -0.636. The van der Waals surface area contributed by atoms with Gasteiger partial charge in [-0.3, -0.25) is 14.4 Å². The van der Waals surface area contributed by atoms with Crippen molar-refractivity contribution in [3.8, 4) is 0 Å². The minimum Gasteiger partial charge on any atom is -0.394 e. The van der Waals surface area contributed by atoms with Crippen molar-refractivity contribution in [1.82, 2.24) is 15.5 Å². The Kier molecular flexibility index (Phi) is 7.77. The number of carbonyl (C=O) groups is 3. The Balaban J connectivity index is 1.99. The average Bonchev–Trinajstić information content (AvgIpc) is 3.31. The van der Waals surface area contributed by atoms with Crippen LogP contribution in [-0.4, -0.2) is 74.3 Å². The maximum Gasteiger partial charge on any atom is 0.244 e. The van der Waals surface area contributed by atoms with E-state index >= 15 is 0 Å². The van der Waals surface area contributed by atoms with E-state index < -0.39 is 28.7 Å². The molecular formula is C21H34BrN3O4S. The molecule has 0 aliphatic carbocycles. The normalized spacial score (nSPS) is 35.4. The molecule has 3 unspecified atom stereocenters. The Morgan fingerprint density at radius 2 is 1.93 bits per heavy atom. The molecule has 7 nitrogen and oxygen atoms in total. The maximum atomic E-state index is 13.7. The molecule has 3 rings (SSSR count). The van der Waals surface area contributed by atoms with Gasteiger partial charge in [0.05, 0.1) is 29.2 Å². The molecular weight excluding hydrogens is 470 g/mol. The van der Waals surface area contributed by atoms with Crippen molar-refractivity contribution >= 4 is 45.4 Å². The molecule has 9 heteroatoms. The average molecular weight is 504 g/mol. The summed E-state index contributed by atoms with van der Waals surface area (Å²) in [5.41, 5.74) is 0.